The van der Waals surface area contributed by atoms with Crippen LogP contribution in [0.4, 0.5) is 0 Å². The summed E-state index contributed by atoms with van der Waals surface area (Å²) in [6, 6.07) is 7.76. The Hall–Kier alpha value is -1.63. The number of rotatable bonds is 17. The molecule has 0 atom stereocenters. The Bertz CT molecular complexity index is 541. The van der Waals surface area contributed by atoms with Crippen LogP contribution < -0.4 is 0 Å². The summed E-state index contributed by atoms with van der Waals surface area (Å²) in [5.41, 5.74) is 1.78. The lowest BCUT2D eigenvalue weighted by Crippen LogP contribution is -2.01. The molecule has 1 heteroatoms. The lowest BCUT2D eigenvalue weighted by Gasteiger charge is -2.05. The normalized spacial score (nSPS) is 11.1. The zero-order chi connectivity index (χ0) is 19.6. The largest absolute Gasteiger partial charge is 0.294 e. The molecule has 0 fully saturated rings. The van der Waals surface area contributed by atoms with Crippen molar-refractivity contribution in [2.75, 3.05) is 0 Å². The van der Waals surface area contributed by atoms with Crippen molar-refractivity contribution >= 4 is 11.9 Å². The van der Waals surface area contributed by atoms with Gasteiger partial charge in [-0.1, -0.05) is 107 Å². The Kier molecular flexibility index (Phi) is 14.3. The highest BCUT2D eigenvalue weighted by molar-refractivity contribution is 5.99. The number of carbonyl (C=O) groups excluding carboxylic acids is 1. The fourth-order valence-corrected chi connectivity index (χ4v) is 3.42. The molecule has 0 spiro atoms. The van der Waals surface area contributed by atoms with Crippen LogP contribution in [0.25, 0.3) is 6.08 Å². The van der Waals surface area contributed by atoms with E-state index in [2.05, 4.69) is 25.7 Å². The van der Waals surface area contributed by atoms with E-state index in [1.165, 1.54) is 70.6 Å². The molecular weight excluding hydrogens is 328 g/mol. The van der Waals surface area contributed by atoms with Gasteiger partial charge in [0.2, 0.25) is 0 Å². The Labute approximate surface area is 168 Å². The van der Waals surface area contributed by atoms with Gasteiger partial charge in [0.1, 0.15) is 0 Å². The summed E-state index contributed by atoms with van der Waals surface area (Å²) < 4.78 is 0. The van der Waals surface area contributed by atoms with Gasteiger partial charge in [-0.2, -0.15) is 0 Å². The predicted molar refractivity (Wildman–Crippen MR) is 120 cm³/mol. The van der Waals surface area contributed by atoms with E-state index in [9.17, 15) is 4.79 Å². The van der Waals surface area contributed by atoms with E-state index in [1.807, 2.05) is 24.3 Å². The second kappa shape index (κ2) is 16.5. The molecule has 0 saturated heterocycles. The summed E-state index contributed by atoms with van der Waals surface area (Å²) in [6.07, 6.45) is 23.9. The van der Waals surface area contributed by atoms with E-state index < -0.39 is 0 Å². The first-order valence-electron chi connectivity index (χ1n) is 11.2. The van der Waals surface area contributed by atoms with Crippen LogP contribution in [0.15, 0.2) is 43.0 Å². The molecule has 0 amide bonds. The number of allylic oxidation sites excluding steroid dienone is 2. The summed E-state index contributed by atoms with van der Waals surface area (Å²) in [7, 11) is 0. The van der Waals surface area contributed by atoms with Gasteiger partial charge >= 0.3 is 0 Å². The highest BCUT2D eigenvalue weighted by Gasteiger charge is 2.08. The number of benzene rings is 1. The van der Waals surface area contributed by atoms with Crippen LogP contribution in [0.5, 0.6) is 0 Å². The molecule has 27 heavy (non-hydrogen) atoms. The van der Waals surface area contributed by atoms with Gasteiger partial charge in [0, 0.05) is 12.0 Å². The molecule has 0 heterocycles. The topological polar surface area (TPSA) is 17.1 Å². The summed E-state index contributed by atoms with van der Waals surface area (Å²) in [6.45, 7) is 6.06. The molecule has 0 saturated carbocycles. The van der Waals surface area contributed by atoms with Crippen LogP contribution in [0.1, 0.15) is 113 Å². The smallest absolute Gasteiger partial charge is 0.163 e. The zero-order valence-corrected chi connectivity index (χ0v) is 17.6. The molecule has 150 valence electrons. The first-order valence-corrected chi connectivity index (χ1v) is 11.2. The van der Waals surface area contributed by atoms with Gasteiger partial charge in [0.25, 0.3) is 0 Å². The van der Waals surface area contributed by atoms with E-state index in [-0.39, 0.29) is 5.78 Å². The summed E-state index contributed by atoms with van der Waals surface area (Å²) in [5, 5.41) is 0. The standard InChI is InChI=1S/C26H40O/c1-3-5-6-7-8-9-10-11-12-13-14-15-16-17-18-23-26(27)25-22-20-19-21-24(25)4-2/h4,11-12,19-22H,2-3,5-10,13-18,23H2,1H3/b12-11-. The Morgan fingerprint density at radius 2 is 1.37 bits per heavy atom. The Morgan fingerprint density at radius 3 is 2.00 bits per heavy atom. The van der Waals surface area contributed by atoms with Crippen molar-refractivity contribution in [2.24, 2.45) is 0 Å². The van der Waals surface area contributed by atoms with Crippen molar-refractivity contribution in [2.45, 2.75) is 96.8 Å². The fourth-order valence-electron chi connectivity index (χ4n) is 3.42. The van der Waals surface area contributed by atoms with Crippen LogP contribution in [0, 0.1) is 0 Å². The molecule has 0 N–H and O–H groups in total. The van der Waals surface area contributed by atoms with Crippen LogP contribution >= 0.6 is 0 Å². The average molecular weight is 369 g/mol. The third-order valence-corrected chi connectivity index (χ3v) is 5.15. The predicted octanol–water partition coefficient (Wildman–Crippen LogP) is 8.55. The summed E-state index contributed by atoms with van der Waals surface area (Å²) in [4.78, 5) is 12.3. The zero-order valence-electron chi connectivity index (χ0n) is 17.6. The van der Waals surface area contributed by atoms with E-state index in [0.717, 1.165) is 24.0 Å². The van der Waals surface area contributed by atoms with E-state index in [4.69, 9.17) is 0 Å². The SMILES string of the molecule is C=Cc1ccccc1C(=O)CCCCCCC/C=C\CCCCCCCC. The number of ketones is 1. The Balaban J connectivity index is 1.95. The minimum atomic E-state index is 0.253. The van der Waals surface area contributed by atoms with Crippen LogP contribution in [-0.4, -0.2) is 5.78 Å². The van der Waals surface area contributed by atoms with Crippen molar-refractivity contribution in [1.29, 1.82) is 0 Å². The molecule has 1 aromatic carbocycles. The molecule has 0 aromatic heterocycles. The van der Waals surface area contributed by atoms with Gasteiger partial charge in [-0.15, -0.1) is 0 Å². The Morgan fingerprint density at radius 1 is 0.815 bits per heavy atom. The summed E-state index contributed by atoms with van der Waals surface area (Å²) in [5.74, 6) is 0.253. The first kappa shape index (κ1) is 23.4. The number of hydrogen-bond acceptors (Lipinski definition) is 1. The fraction of sp³-hybridized carbons (Fsp3) is 0.577. The number of hydrogen-bond donors (Lipinski definition) is 0. The molecule has 0 aliphatic rings. The molecule has 0 bridgehead atoms. The van der Waals surface area contributed by atoms with Gasteiger partial charge in [-0.05, 0) is 37.7 Å². The van der Waals surface area contributed by atoms with Crippen LogP contribution in [0.3, 0.4) is 0 Å². The number of carbonyl (C=O) groups is 1. The summed E-state index contributed by atoms with van der Waals surface area (Å²) >= 11 is 0. The third-order valence-electron chi connectivity index (χ3n) is 5.15. The van der Waals surface area contributed by atoms with Crippen molar-refractivity contribution < 1.29 is 4.79 Å². The van der Waals surface area contributed by atoms with Crippen molar-refractivity contribution in [1.82, 2.24) is 0 Å². The number of unbranched alkanes of at least 4 members (excludes halogenated alkanes) is 11. The van der Waals surface area contributed by atoms with E-state index >= 15 is 0 Å². The van der Waals surface area contributed by atoms with Crippen molar-refractivity contribution in [3.05, 3.63) is 54.1 Å². The highest BCUT2D eigenvalue weighted by atomic mass is 16.1. The van der Waals surface area contributed by atoms with E-state index in [1.54, 1.807) is 6.08 Å². The molecule has 1 aromatic rings. The molecule has 0 aliphatic carbocycles. The van der Waals surface area contributed by atoms with Crippen molar-refractivity contribution in [3.8, 4) is 0 Å². The van der Waals surface area contributed by atoms with E-state index in [0.29, 0.717) is 6.42 Å². The van der Waals surface area contributed by atoms with Crippen molar-refractivity contribution in [3.63, 3.8) is 0 Å². The van der Waals surface area contributed by atoms with Gasteiger partial charge in [-0.25, -0.2) is 0 Å². The highest BCUT2D eigenvalue weighted by Crippen LogP contribution is 2.15. The lowest BCUT2D eigenvalue weighted by molar-refractivity contribution is 0.0979. The number of Topliss-reactive ketones (excluding diaryl/α,β-unsaturated/α-hetero) is 1. The second-order valence-electron chi connectivity index (χ2n) is 7.55. The first-order chi connectivity index (χ1) is 13.3. The van der Waals surface area contributed by atoms with Crippen LogP contribution in [0.2, 0.25) is 0 Å². The maximum Gasteiger partial charge on any atom is 0.163 e. The quantitative estimate of drug-likeness (QED) is 0.153. The van der Waals surface area contributed by atoms with Gasteiger partial charge < -0.3 is 0 Å². The van der Waals surface area contributed by atoms with Crippen LogP contribution in [-0.2, 0) is 0 Å². The molecule has 0 radical (unpaired) electrons. The lowest BCUT2D eigenvalue weighted by atomic mass is 9.99. The molecular formula is C26H40O. The molecule has 0 unspecified atom stereocenters. The maximum absolute atomic E-state index is 12.3. The minimum Gasteiger partial charge on any atom is -0.294 e. The minimum absolute atomic E-state index is 0.253. The maximum atomic E-state index is 12.3. The molecule has 0 aliphatic heterocycles. The van der Waals surface area contributed by atoms with Gasteiger partial charge in [-0.3, -0.25) is 4.79 Å². The average Bonchev–Trinajstić information content (AvgIpc) is 2.70. The van der Waals surface area contributed by atoms with Gasteiger partial charge in [0.15, 0.2) is 5.78 Å². The third kappa shape index (κ3) is 11.6. The second-order valence-corrected chi connectivity index (χ2v) is 7.55. The molecule has 1 rings (SSSR count). The monoisotopic (exact) mass is 368 g/mol. The molecule has 1 nitrogen and oxygen atoms in total. The van der Waals surface area contributed by atoms with Gasteiger partial charge in [0.05, 0.1) is 0 Å².